The molecule has 2 aromatic carbocycles. The molecule has 0 fully saturated rings. The molecule has 0 unspecified atom stereocenters. The van der Waals surface area contributed by atoms with Gasteiger partial charge in [0, 0.05) is 22.9 Å². The monoisotopic (exact) mass is 479 g/mol. The van der Waals surface area contributed by atoms with Crippen LogP contribution in [0, 0.1) is 19.7 Å². The maximum atomic E-state index is 14.2. The first-order valence-corrected chi connectivity index (χ1v) is 11.1. The average molecular weight is 480 g/mol. The van der Waals surface area contributed by atoms with Gasteiger partial charge in [-0.15, -0.1) is 0 Å². The van der Waals surface area contributed by atoms with Crippen molar-refractivity contribution in [1.29, 1.82) is 0 Å². The van der Waals surface area contributed by atoms with Crippen molar-refractivity contribution in [3.8, 4) is 5.95 Å². The highest BCUT2D eigenvalue weighted by Gasteiger charge is 2.25. The van der Waals surface area contributed by atoms with Crippen LogP contribution in [-0.2, 0) is 13.0 Å². The summed E-state index contributed by atoms with van der Waals surface area (Å²) in [6.45, 7) is 5.61. The molecule has 0 saturated heterocycles. The molecule has 1 amide bonds. The van der Waals surface area contributed by atoms with Gasteiger partial charge in [0.2, 0.25) is 5.95 Å². The Morgan fingerprint density at radius 2 is 1.88 bits per heavy atom. The van der Waals surface area contributed by atoms with E-state index in [1.54, 1.807) is 19.9 Å². The second-order valence-electron chi connectivity index (χ2n) is 7.87. The number of rotatable bonds is 6. The van der Waals surface area contributed by atoms with Crippen molar-refractivity contribution in [3.63, 3.8) is 0 Å². The second-order valence-corrected chi connectivity index (χ2v) is 8.28. The number of hydrogen-bond acceptors (Lipinski definition) is 4. The van der Waals surface area contributed by atoms with Gasteiger partial charge in [0.1, 0.15) is 11.6 Å². The van der Waals surface area contributed by atoms with Crippen LogP contribution in [0.2, 0.25) is 5.02 Å². The van der Waals surface area contributed by atoms with Crippen LogP contribution in [0.25, 0.3) is 5.95 Å². The first kappa shape index (κ1) is 23.4. The predicted molar refractivity (Wildman–Crippen MR) is 129 cm³/mol. The van der Waals surface area contributed by atoms with Crippen molar-refractivity contribution in [3.05, 3.63) is 104 Å². The minimum atomic E-state index is -0.686. The standard InChI is InChI=1S/C25H23ClFN5O2/c1-4-19-16(3)28-25(29-23(19)33)32-22(12-15(2)30-32)31(14-17-8-6-5-7-9-17)24(34)18-10-11-20(26)21(27)13-18/h5-13H,4,14H2,1-3H3,(H,28,29,33). The fourth-order valence-corrected chi connectivity index (χ4v) is 3.87. The number of carbonyl (C=O) groups is 1. The van der Waals surface area contributed by atoms with Crippen molar-refractivity contribution in [2.75, 3.05) is 4.90 Å². The van der Waals surface area contributed by atoms with Crippen LogP contribution in [0.1, 0.15) is 39.8 Å². The topological polar surface area (TPSA) is 83.9 Å². The number of amides is 1. The number of aryl methyl sites for hydroxylation is 2. The van der Waals surface area contributed by atoms with Gasteiger partial charge in [0.25, 0.3) is 11.5 Å². The number of nitrogens with zero attached hydrogens (tertiary/aromatic N) is 4. The molecule has 0 bridgehead atoms. The maximum absolute atomic E-state index is 14.2. The normalized spacial score (nSPS) is 11.0. The molecule has 34 heavy (non-hydrogen) atoms. The molecule has 2 aromatic heterocycles. The lowest BCUT2D eigenvalue weighted by molar-refractivity contribution is 0.0983. The fourth-order valence-electron chi connectivity index (χ4n) is 3.75. The molecule has 9 heteroatoms. The first-order chi connectivity index (χ1) is 16.3. The fraction of sp³-hybridized carbons (Fsp3) is 0.200. The Morgan fingerprint density at radius 3 is 2.53 bits per heavy atom. The van der Waals surface area contributed by atoms with Crippen molar-refractivity contribution in [2.45, 2.75) is 33.7 Å². The highest BCUT2D eigenvalue weighted by molar-refractivity contribution is 6.30. The van der Waals surface area contributed by atoms with E-state index in [4.69, 9.17) is 11.6 Å². The number of carbonyl (C=O) groups excluding carboxylic acids is 1. The molecule has 4 rings (SSSR count). The third-order valence-corrected chi connectivity index (χ3v) is 5.75. The summed E-state index contributed by atoms with van der Waals surface area (Å²) in [5.74, 6) is -0.567. The number of halogens is 2. The van der Waals surface area contributed by atoms with Gasteiger partial charge in [-0.05, 0) is 44.0 Å². The largest absolute Gasteiger partial charge is 0.291 e. The summed E-state index contributed by atoms with van der Waals surface area (Å²) in [4.78, 5) is 35.0. The summed E-state index contributed by atoms with van der Waals surface area (Å²) < 4.78 is 15.6. The minimum absolute atomic E-state index is 0.0692. The number of anilines is 1. The minimum Gasteiger partial charge on any atom is -0.291 e. The average Bonchev–Trinajstić information content (AvgIpc) is 3.20. The Kier molecular flexibility index (Phi) is 6.61. The van der Waals surface area contributed by atoms with Gasteiger partial charge in [0.15, 0.2) is 0 Å². The lowest BCUT2D eigenvalue weighted by Gasteiger charge is -2.23. The molecule has 174 valence electrons. The van der Waals surface area contributed by atoms with Crippen LogP contribution in [0.5, 0.6) is 0 Å². The Hall–Kier alpha value is -3.78. The van der Waals surface area contributed by atoms with Crippen molar-refractivity contribution in [2.24, 2.45) is 0 Å². The Morgan fingerprint density at radius 1 is 1.15 bits per heavy atom. The molecule has 0 aliphatic carbocycles. The zero-order chi connectivity index (χ0) is 24.4. The molecule has 2 heterocycles. The third-order valence-electron chi connectivity index (χ3n) is 5.45. The van der Waals surface area contributed by atoms with E-state index >= 15 is 0 Å². The summed E-state index contributed by atoms with van der Waals surface area (Å²) in [5, 5.41) is 4.41. The lowest BCUT2D eigenvalue weighted by Crippen LogP contribution is -2.33. The van der Waals surface area contributed by atoms with Gasteiger partial charge in [-0.2, -0.15) is 9.78 Å². The van der Waals surface area contributed by atoms with Crippen molar-refractivity contribution >= 4 is 23.3 Å². The number of H-pyrrole nitrogens is 1. The second kappa shape index (κ2) is 9.61. The number of nitrogens with one attached hydrogen (secondary N) is 1. The molecule has 7 nitrogen and oxygen atoms in total. The van der Waals surface area contributed by atoms with E-state index in [2.05, 4.69) is 15.1 Å². The highest BCUT2D eigenvalue weighted by atomic mass is 35.5. The maximum Gasteiger partial charge on any atom is 0.259 e. The zero-order valence-electron chi connectivity index (χ0n) is 19.0. The van der Waals surface area contributed by atoms with E-state index in [-0.39, 0.29) is 28.6 Å². The van der Waals surface area contributed by atoms with E-state index in [9.17, 15) is 14.0 Å². The lowest BCUT2D eigenvalue weighted by atomic mass is 10.1. The van der Waals surface area contributed by atoms with E-state index in [0.29, 0.717) is 29.2 Å². The van der Waals surface area contributed by atoms with Gasteiger partial charge >= 0.3 is 0 Å². The third kappa shape index (κ3) is 4.63. The van der Waals surface area contributed by atoms with Crippen molar-refractivity contribution in [1.82, 2.24) is 19.7 Å². The van der Waals surface area contributed by atoms with Crippen LogP contribution in [0.3, 0.4) is 0 Å². The molecule has 0 aliphatic rings. The number of hydrogen-bond donors (Lipinski definition) is 1. The molecule has 0 spiro atoms. The molecule has 0 aliphatic heterocycles. The summed E-state index contributed by atoms with van der Waals surface area (Å²) >= 11 is 5.82. The van der Waals surface area contributed by atoms with Crippen LogP contribution in [-0.4, -0.2) is 25.7 Å². The molecule has 0 atom stereocenters. The van der Waals surface area contributed by atoms with Gasteiger partial charge in [-0.3, -0.25) is 19.5 Å². The Labute approximate surface area is 200 Å². The molecular formula is C25H23ClFN5O2. The Balaban J connectivity index is 1.86. The molecule has 1 N–H and O–H groups in total. The summed E-state index contributed by atoms with van der Waals surface area (Å²) in [7, 11) is 0. The van der Waals surface area contributed by atoms with Gasteiger partial charge in [-0.1, -0.05) is 48.9 Å². The van der Waals surface area contributed by atoms with E-state index in [0.717, 1.165) is 11.6 Å². The summed E-state index contributed by atoms with van der Waals surface area (Å²) in [6.07, 6.45) is 0.542. The van der Waals surface area contributed by atoms with Crippen LogP contribution >= 0.6 is 11.6 Å². The molecule has 0 saturated carbocycles. The van der Waals surface area contributed by atoms with Crippen molar-refractivity contribution < 1.29 is 9.18 Å². The smallest absolute Gasteiger partial charge is 0.259 e. The predicted octanol–water partition coefficient (Wildman–Crippen LogP) is 4.77. The van der Waals surface area contributed by atoms with Gasteiger partial charge in [-0.25, -0.2) is 9.37 Å². The zero-order valence-corrected chi connectivity index (χ0v) is 19.7. The molecule has 4 aromatic rings. The number of benzene rings is 2. The van der Waals surface area contributed by atoms with Crippen LogP contribution < -0.4 is 10.5 Å². The van der Waals surface area contributed by atoms with E-state index < -0.39 is 11.7 Å². The Bertz CT molecular complexity index is 1410. The van der Waals surface area contributed by atoms with E-state index in [1.165, 1.54) is 21.7 Å². The first-order valence-electron chi connectivity index (χ1n) is 10.8. The molecular weight excluding hydrogens is 457 g/mol. The van der Waals surface area contributed by atoms with Crippen LogP contribution in [0.4, 0.5) is 10.2 Å². The van der Waals surface area contributed by atoms with Gasteiger partial charge < -0.3 is 0 Å². The SMILES string of the molecule is CCc1c(C)nc(-n2nc(C)cc2N(Cc2ccccc2)C(=O)c2ccc(Cl)c(F)c2)[nH]c1=O. The van der Waals surface area contributed by atoms with Gasteiger partial charge in [0.05, 0.1) is 17.3 Å². The number of aromatic amines is 1. The van der Waals surface area contributed by atoms with E-state index in [1.807, 2.05) is 37.3 Å². The quantitative estimate of drug-likeness (QED) is 0.431. The highest BCUT2D eigenvalue weighted by Crippen LogP contribution is 2.25. The number of aromatic nitrogens is 4. The summed E-state index contributed by atoms with van der Waals surface area (Å²) in [6, 6.07) is 15.0. The molecule has 0 radical (unpaired) electrons. The van der Waals surface area contributed by atoms with Crippen LogP contribution in [0.15, 0.2) is 59.4 Å². The summed E-state index contributed by atoms with van der Waals surface area (Å²) in [5.41, 5.74) is 2.51.